The van der Waals surface area contributed by atoms with E-state index >= 15 is 0 Å². The lowest BCUT2D eigenvalue weighted by Gasteiger charge is -2.30. The van der Waals surface area contributed by atoms with Crippen LogP contribution in [0, 0.1) is 10.1 Å². The van der Waals surface area contributed by atoms with Crippen LogP contribution in [-0.4, -0.2) is 82.5 Å². The van der Waals surface area contributed by atoms with Gasteiger partial charge in [0.1, 0.15) is 0 Å². The quantitative estimate of drug-likeness (QED) is 0.395. The predicted octanol–water partition coefficient (Wildman–Crippen LogP) is -0.460. The van der Waals surface area contributed by atoms with E-state index in [4.69, 9.17) is 4.74 Å². The summed E-state index contributed by atoms with van der Waals surface area (Å²) in [6.45, 7) is 5.17. The summed E-state index contributed by atoms with van der Waals surface area (Å²) in [4.78, 5) is 35.7. The van der Waals surface area contributed by atoms with Crippen LogP contribution in [0.1, 0.15) is 17.4 Å². The molecule has 1 aromatic heterocycles. The number of hydrogen-bond acceptors (Lipinski definition) is 10. The Morgan fingerprint density at radius 2 is 1.89 bits per heavy atom. The van der Waals surface area contributed by atoms with Crippen molar-refractivity contribution in [2.45, 2.75) is 6.92 Å². The second-order valence-electron chi connectivity index (χ2n) is 6.09. The number of rotatable bonds is 5. The Kier molecular flexibility index (Phi) is 6.16. The van der Waals surface area contributed by atoms with Crippen molar-refractivity contribution in [2.24, 2.45) is 0 Å². The van der Waals surface area contributed by atoms with E-state index < -0.39 is 27.4 Å². The number of nitrogens with zero attached hydrogens (tertiary/aromatic N) is 5. The average molecular weight is 398 g/mol. The lowest BCUT2D eigenvalue weighted by atomic mass is 10.3. The van der Waals surface area contributed by atoms with Gasteiger partial charge in [0.05, 0.1) is 11.5 Å². The summed E-state index contributed by atoms with van der Waals surface area (Å²) in [7, 11) is -0.944. The number of esters is 1. The summed E-state index contributed by atoms with van der Waals surface area (Å²) in [5.74, 6) is 0.317. The van der Waals surface area contributed by atoms with Gasteiger partial charge in [0, 0.05) is 61.6 Å². The minimum absolute atomic E-state index is 0.0843. The van der Waals surface area contributed by atoms with Crippen molar-refractivity contribution in [1.29, 1.82) is 0 Å². The number of carbonyl (C=O) groups is 1. The molecule has 0 saturated carbocycles. The van der Waals surface area contributed by atoms with Crippen molar-refractivity contribution in [3.05, 3.63) is 15.8 Å². The zero-order chi connectivity index (χ0) is 19.4. The first kappa shape index (κ1) is 19.4. The van der Waals surface area contributed by atoms with Gasteiger partial charge < -0.3 is 19.9 Å². The molecule has 1 aromatic rings. The first-order valence-electron chi connectivity index (χ1n) is 8.80. The predicted molar refractivity (Wildman–Crippen MR) is 99.8 cm³/mol. The maximum atomic E-state index is 12.4. The van der Waals surface area contributed by atoms with Crippen LogP contribution in [0.25, 0.3) is 0 Å². The van der Waals surface area contributed by atoms with Gasteiger partial charge in [-0.2, -0.15) is 9.97 Å². The van der Waals surface area contributed by atoms with E-state index in [0.29, 0.717) is 37.7 Å². The van der Waals surface area contributed by atoms with Crippen molar-refractivity contribution in [3.63, 3.8) is 0 Å². The smallest absolute Gasteiger partial charge is 0.364 e. The fourth-order valence-corrected chi connectivity index (χ4v) is 4.07. The molecule has 0 spiro atoms. The molecule has 0 unspecified atom stereocenters. The van der Waals surface area contributed by atoms with Crippen LogP contribution in [0.2, 0.25) is 0 Å². The Morgan fingerprint density at radius 3 is 2.48 bits per heavy atom. The number of hydrogen-bond donors (Lipinski definition) is 1. The van der Waals surface area contributed by atoms with Crippen molar-refractivity contribution in [2.75, 3.05) is 67.2 Å². The number of aromatic nitrogens is 2. The maximum absolute atomic E-state index is 12.4. The fourth-order valence-electron chi connectivity index (χ4n) is 3.02. The highest BCUT2D eigenvalue weighted by Crippen LogP contribution is 2.32. The van der Waals surface area contributed by atoms with Crippen molar-refractivity contribution in [1.82, 2.24) is 15.3 Å². The van der Waals surface area contributed by atoms with E-state index in [-0.39, 0.29) is 24.1 Å². The number of nitro groups is 1. The van der Waals surface area contributed by atoms with Gasteiger partial charge in [-0.1, -0.05) is 0 Å². The number of nitrogens with one attached hydrogen (secondary N) is 1. The first-order chi connectivity index (χ1) is 13.0. The normalized spacial score (nSPS) is 18.4. The fraction of sp³-hybridized carbons (Fsp3) is 0.667. The molecule has 2 fully saturated rings. The molecule has 2 saturated heterocycles. The summed E-state index contributed by atoms with van der Waals surface area (Å²) >= 11 is 0. The van der Waals surface area contributed by atoms with Gasteiger partial charge in [-0.25, -0.2) is 4.79 Å². The lowest BCUT2D eigenvalue weighted by molar-refractivity contribution is -0.384. The molecule has 1 N–H and O–H groups in total. The molecule has 148 valence electrons. The molecule has 2 aliphatic heterocycles. The molecule has 2 aliphatic rings. The van der Waals surface area contributed by atoms with E-state index in [0.717, 1.165) is 13.1 Å². The minimum Gasteiger partial charge on any atom is -0.461 e. The molecule has 3 rings (SSSR count). The molecule has 12 heteroatoms. The van der Waals surface area contributed by atoms with E-state index in [1.807, 2.05) is 4.90 Å². The van der Waals surface area contributed by atoms with Crippen molar-refractivity contribution < 1.29 is 18.7 Å². The van der Waals surface area contributed by atoms with E-state index in [2.05, 4.69) is 15.3 Å². The number of anilines is 2. The molecule has 0 aliphatic carbocycles. The summed E-state index contributed by atoms with van der Waals surface area (Å²) < 4.78 is 16.7. The molecule has 0 radical (unpaired) electrons. The Bertz CT molecular complexity index is 744. The molecule has 3 heterocycles. The highest BCUT2D eigenvalue weighted by molar-refractivity contribution is 7.85. The summed E-state index contributed by atoms with van der Waals surface area (Å²) in [5.41, 5.74) is -0.799. The van der Waals surface area contributed by atoms with E-state index in [1.54, 1.807) is 11.8 Å². The molecule has 0 atom stereocenters. The third kappa shape index (κ3) is 4.33. The van der Waals surface area contributed by atoms with Gasteiger partial charge >= 0.3 is 11.7 Å². The third-order valence-electron chi connectivity index (χ3n) is 4.38. The molecule has 0 amide bonds. The molecule has 11 nitrogen and oxygen atoms in total. The molecule has 0 aromatic carbocycles. The van der Waals surface area contributed by atoms with Crippen molar-refractivity contribution >= 4 is 34.2 Å². The van der Waals surface area contributed by atoms with Gasteiger partial charge in [0.15, 0.2) is 0 Å². The number of piperazine rings is 1. The monoisotopic (exact) mass is 398 g/mol. The Labute approximate surface area is 158 Å². The Morgan fingerprint density at radius 1 is 1.22 bits per heavy atom. The second-order valence-corrected chi connectivity index (χ2v) is 7.79. The Balaban J connectivity index is 2.09. The van der Waals surface area contributed by atoms with E-state index in [1.165, 1.54) is 0 Å². The molecule has 27 heavy (non-hydrogen) atoms. The van der Waals surface area contributed by atoms with Crippen molar-refractivity contribution in [3.8, 4) is 0 Å². The van der Waals surface area contributed by atoms with Gasteiger partial charge in [-0.3, -0.25) is 14.3 Å². The van der Waals surface area contributed by atoms with Crippen LogP contribution in [0.4, 0.5) is 17.5 Å². The minimum atomic E-state index is -0.944. The topological polar surface area (TPSA) is 131 Å². The SMILES string of the molecule is CCOC(=O)c1nc(N2CCNCC2)nc(N2CCS(=O)CC2)c1[N+](=O)[O-]. The maximum Gasteiger partial charge on any atom is 0.364 e. The zero-order valence-corrected chi connectivity index (χ0v) is 15.9. The highest BCUT2D eigenvalue weighted by Gasteiger charge is 2.35. The summed E-state index contributed by atoms with van der Waals surface area (Å²) in [6.07, 6.45) is 0. The van der Waals surface area contributed by atoms with Gasteiger partial charge in [0.2, 0.25) is 17.5 Å². The van der Waals surface area contributed by atoms with Crippen LogP contribution >= 0.6 is 0 Å². The summed E-state index contributed by atoms with van der Waals surface area (Å²) in [6, 6.07) is 0. The van der Waals surface area contributed by atoms with Gasteiger partial charge in [0.25, 0.3) is 0 Å². The lowest BCUT2D eigenvalue weighted by Crippen LogP contribution is -2.45. The highest BCUT2D eigenvalue weighted by atomic mass is 32.2. The molecule has 0 bridgehead atoms. The first-order valence-corrected chi connectivity index (χ1v) is 10.3. The second kappa shape index (κ2) is 8.57. The Hall–Kier alpha value is -2.34. The van der Waals surface area contributed by atoms with Crippen LogP contribution in [-0.2, 0) is 15.5 Å². The number of ether oxygens (including phenoxy) is 1. The third-order valence-corrected chi connectivity index (χ3v) is 5.66. The molecular weight excluding hydrogens is 376 g/mol. The van der Waals surface area contributed by atoms with E-state index in [9.17, 15) is 19.1 Å². The standard InChI is InChI=1S/C15H22N6O5S/c1-2-26-14(22)11-12(21(23)24)13(19-7-9-27(25)10-8-19)18-15(17-11)20-5-3-16-4-6-20/h16H,2-10H2,1H3. The van der Waals surface area contributed by atoms with Crippen LogP contribution in [0.15, 0.2) is 0 Å². The summed E-state index contributed by atoms with van der Waals surface area (Å²) in [5, 5.41) is 15.0. The number of carbonyl (C=O) groups excluding carboxylic acids is 1. The van der Waals surface area contributed by atoms with Gasteiger partial charge in [-0.05, 0) is 6.92 Å². The van der Waals surface area contributed by atoms with Crippen LogP contribution in [0.5, 0.6) is 0 Å². The zero-order valence-electron chi connectivity index (χ0n) is 15.0. The van der Waals surface area contributed by atoms with Crippen LogP contribution < -0.4 is 15.1 Å². The van der Waals surface area contributed by atoms with Gasteiger partial charge in [-0.15, -0.1) is 0 Å². The molecular formula is C15H22N6O5S. The van der Waals surface area contributed by atoms with Crippen LogP contribution in [0.3, 0.4) is 0 Å². The largest absolute Gasteiger partial charge is 0.461 e. The average Bonchev–Trinajstić information content (AvgIpc) is 2.68.